The molecule has 0 unspecified atom stereocenters. The van der Waals surface area contributed by atoms with Crippen LogP contribution in [0.1, 0.15) is 48.0 Å². The van der Waals surface area contributed by atoms with Crippen molar-refractivity contribution in [2.75, 3.05) is 0 Å². The molecule has 0 saturated carbocycles. The predicted molar refractivity (Wildman–Crippen MR) is 73.1 cm³/mol. The van der Waals surface area contributed by atoms with E-state index in [1.165, 1.54) is 16.7 Å². The summed E-state index contributed by atoms with van der Waals surface area (Å²) in [6.45, 7) is 14.1. The summed E-state index contributed by atoms with van der Waals surface area (Å²) in [4.78, 5) is 0. The summed E-state index contributed by atoms with van der Waals surface area (Å²) in [5.74, 6) is 2.14. The van der Waals surface area contributed by atoms with Gasteiger partial charge in [0.1, 0.15) is 0 Å². The van der Waals surface area contributed by atoms with E-state index in [0.717, 1.165) is 5.92 Å². The maximum Gasteiger partial charge on any atom is 0.0341 e. The quantitative estimate of drug-likeness (QED) is 0.643. The topological polar surface area (TPSA) is 0 Å². The van der Waals surface area contributed by atoms with Crippen LogP contribution in [0, 0.1) is 17.8 Å². The summed E-state index contributed by atoms with van der Waals surface area (Å²) in [6, 6.07) is 0. The van der Waals surface area contributed by atoms with Gasteiger partial charge in [0.05, 0.1) is 0 Å². The van der Waals surface area contributed by atoms with Crippen LogP contribution in [-0.4, -0.2) is 10.2 Å². The summed E-state index contributed by atoms with van der Waals surface area (Å²) in [5.41, 5.74) is 5.13. The van der Waals surface area contributed by atoms with Gasteiger partial charge in [-0.05, 0) is 35.3 Å². The highest BCUT2D eigenvalue weighted by Crippen LogP contribution is 2.41. The third-order valence-electron chi connectivity index (χ3n) is 3.40. The van der Waals surface area contributed by atoms with E-state index in [1.54, 1.807) is 21.9 Å². The molecule has 1 aliphatic rings. The molecule has 15 heavy (non-hydrogen) atoms. The molecule has 0 aromatic carbocycles. The van der Waals surface area contributed by atoms with E-state index in [0.29, 0.717) is 11.8 Å². The fourth-order valence-corrected chi connectivity index (χ4v) is 4.11. The first-order valence-corrected chi connectivity index (χ1v) is 7.29. The SMILES string of the molecule is CC(C)C1=C(C(C)C)C(C(C)C)=C([SiH3])C1. The molecule has 0 heterocycles. The zero-order valence-corrected chi connectivity index (χ0v) is 13.4. The zero-order valence-electron chi connectivity index (χ0n) is 11.4. The van der Waals surface area contributed by atoms with Crippen molar-refractivity contribution in [3.8, 4) is 0 Å². The summed E-state index contributed by atoms with van der Waals surface area (Å²) < 4.78 is 0. The van der Waals surface area contributed by atoms with Gasteiger partial charge in [-0.1, -0.05) is 52.3 Å². The van der Waals surface area contributed by atoms with Crippen LogP contribution in [0.2, 0.25) is 0 Å². The van der Waals surface area contributed by atoms with Gasteiger partial charge in [0.15, 0.2) is 0 Å². The Balaban J connectivity index is 3.19. The summed E-state index contributed by atoms with van der Waals surface area (Å²) in [6.07, 6.45) is 1.28. The van der Waals surface area contributed by atoms with Gasteiger partial charge in [0.25, 0.3) is 0 Å². The van der Waals surface area contributed by atoms with Crippen molar-refractivity contribution in [2.24, 2.45) is 17.8 Å². The molecule has 0 aliphatic heterocycles. The molecule has 1 rings (SSSR count). The minimum Gasteiger partial charge on any atom is -0.0841 e. The highest BCUT2D eigenvalue weighted by molar-refractivity contribution is 6.23. The number of rotatable bonds is 3. The van der Waals surface area contributed by atoms with Crippen molar-refractivity contribution in [2.45, 2.75) is 48.0 Å². The second kappa shape index (κ2) is 4.69. The van der Waals surface area contributed by atoms with Crippen LogP contribution < -0.4 is 0 Å². The van der Waals surface area contributed by atoms with E-state index in [1.807, 2.05) is 0 Å². The summed E-state index contributed by atoms with van der Waals surface area (Å²) in [7, 11) is 1.24. The van der Waals surface area contributed by atoms with E-state index >= 15 is 0 Å². The van der Waals surface area contributed by atoms with Gasteiger partial charge in [-0.25, -0.2) is 0 Å². The zero-order chi connectivity index (χ0) is 11.7. The average molecular weight is 222 g/mol. The Bertz CT molecular complexity index is 303. The first kappa shape index (κ1) is 12.8. The fourth-order valence-electron chi connectivity index (χ4n) is 2.88. The third-order valence-corrected chi connectivity index (χ3v) is 4.30. The molecule has 0 atom stereocenters. The molecule has 1 heteroatoms. The van der Waals surface area contributed by atoms with Crippen LogP contribution in [0.4, 0.5) is 0 Å². The lowest BCUT2D eigenvalue weighted by Gasteiger charge is -2.20. The number of allylic oxidation sites excluding steroid dienone is 4. The minimum atomic E-state index is 0.700. The molecule has 0 spiro atoms. The average Bonchev–Trinajstić information content (AvgIpc) is 2.42. The Hall–Kier alpha value is -0.303. The highest BCUT2D eigenvalue weighted by Gasteiger charge is 2.26. The minimum absolute atomic E-state index is 0.700. The lowest BCUT2D eigenvalue weighted by atomic mass is 9.86. The predicted octanol–water partition coefficient (Wildman–Crippen LogP) is 3.27. The molecule has 0 fully saturated rings. The van der Waals surface area contributed by atoms with Gasteiger partial charge in [0.2, 0.25) is 0 Å². The van der Waals surface area contributed by atoms with Crippen molar-refractivity contribution in [3.63, 3.8) is 0 Å². The van der Waals surface area contributed by atoms with E-state index in [4.69, 9.17) is 0 Å². The second-order valence-corrected chi connectivity index (χ2v) is 6.98. The van der Waals surface area contributed by atoms with Crippen molar-refractivity contribution in [1.29, 1.82) is 0 Å². The summed E-state index contributed by atoms with van der Waals surface area (Å²) >= 11 is 0. The van der Waals surface area contributed by atoms with Crippen LogP contribution in [0.15, 0.2) is 21.9 Å². The van der Waals surface area contributed by atoms with Crippen LogP contribution in [0.25, 0.3) is 0 Å². The Morgan fingerprint density at radius 1 is 0.800 bits per heavy atom. The normalized spacial score (nSPS) is 18.2. The standard InChI is InChI=1S/C14H26Si/c1-8(2)11-7-12(15)14(10(5)6)13(11)9(3)4/h8-10H,7H2,1-6,15H3. The van der Waals surface area contributed by atoms with Gasteiger partial charge in [-0.3, -0.25) is 0 Å². The van der Waals surface area contributed by atoms with Crippen molar-refractivity contribution < 1.29 is 0 Å². The molecule has 0 aromatic rings. The van der Waals surface area contributed by atoms with Gasteiger partial charge < -0.3 is 0 Å². The third kappa shape index (κ3) is 2.44. The maximum absolute atomic E-state index is 2.35. The molecule has 0 aromatic heterocycles. The van der Waals surface area contributed by atoms with E-state index in [2.05, 4.69) is 41.5 Å². The van der Waals surface area contributed by atoms with Crippen LogP contribution in [0.3, 0.4) is 0 Å². The fraction of sp³-hybridized carbons (Fsp3) is 0.714. The van der Waals surface area contributed by atoms with Gasteiger partial charge in [-0.2, -0.15) is 0 Å². The van der Waals surface area contributed by atoms with E-state index in [-0.39, 0.29) is 0 Å². The number of hydrogen-bond acceptors (Lipinski definition) is 0. The molecule has 0 saturated heterocycles. The molecule has 1 aliphatic carbocycles. The first-order chi connectivity index (χ1) is 6.86. The largest absolute Gasteiger partial charge is 0.0841 e. The molecule has 0 nitrogen and oxygen atoms in total. The summed E-state index contributed by atoms with van der Waals surface area (Å²) in [5, 5.41) is 1.75. The Morgan fingerprint density at radius 3 is 1.60 bits per heavy atom. The van der Waals surface area contributed by atoms with Gasteiger partial charge in [0, 0.05) is 10.2 Å². The van der Waals surface area contributed by atoms with Crippen molar-refractivity contribution >= 4 is 10.2 Å². The highest BCUT2D eigenvalue weighted by atomic mass is 28.1. The molecule has 0 bridgehead atoms. The Morgan fingerprint density at radius 2 is 1.27 bits per heavy atom. The molecule has 0 amide bonds. The number of hydrogen-bond donors (Lipinski definition) is 0. The molecular formula is C14H26Si. The Labute approximate surface area is 98.3 Å². The van der Waals surface area contributed by atoms with Gasteiger partial charge >= 0.3 is 0 Å². The molecule has 0 radical (unpaired) electrons. The Kier molecular flexibility index (Phi) is 3.99. The van der Waals surface area contributed by atoms with E-state index < -0.39 is 0 Å². The van der Waals surface area contributed by atoms with E-state index in [9.17, 15) is 0 Å². The van der Waals surface area contributed by atoms with Crippen molar-refractivity contribution in [3.05, 3.63) is 21.9 Å². The van der Waals surface area contributed by atoms with Crippen LogP contribution in [-0.2, 0) is 0 Å². The molecule has 0 N–H and O–H groups in total. The maximum atomic E-state index is 2.35. The lowest BCUT2D eigenvalue weighted by molar-refractivity contribution is 0.671. The lowest BCUT2D eigenvalue weighted by Crippen LogP contribution is -2.06. The van der Waals surface area contributed by atoms with Gasteiger partial charge in [-0.15, -0.1) is 0 Å². The van der Waals surface area contributed by atoms with Crippen molar-refractivity contribution in [1.82, 2.24) is 0 Å². The smallest absolute Gasteiger partial charge is 0.0341 e. The van der Waals surface area contributed by atoms with Crippen LogP contribution >= 0.6 is 0 Å². The second-order valence-electron chi connectivity index (χ2n) is 5.77. The monoisotopic (exact) mass is 222 g/mol. The molecule has 86 valence electrons. The first-order valence-electron chi connectivity index (χ1n) is 6.29. The van der Waals surface area contributed by atoms with Crippen LogP contribution in [0.5, 0.6) is 0 Å². The molecular weight excluding hydrogens is 196 g/mol.